The molecule has 0 amide bonds. The molecule has 0 spiro atoms. The summed E-state index contributed by atoms with van der Waals surface area (Å²) in [7, 11) is 0. The van der Waals surface area contributed by atoms with Crippen molar-refractivity contribution in [3.8, 4) is 0 Å². The van der Waals surface area contributed by atoms with E-state index in [1.807, 2.05) is 0 Å². The zero-order chi connectivity index (χ0) is 58.5. The Labute approximate surface area is 501 Å². The summed E-state index contributed by atoms with van der Waals surface area (Å²) in [5.41, 5.74) is 0. The fourth-order valence-electron chi connectivity index (χ4n) is 9.32. The van der Waals surface area contributed by atoms with E-state index in [2.05, 4.69) is 142 Å². The van der Waals surface area contributed by atoms with E-state index in [4.69, 9.17) is 14.2 Å². The smallest absolute Gasteiger partial charge is 0.306 e. The van der Waals surface area contributed by atoms with Crippen molar-refractivity contribution in [3.63, 3.8) is 0 Å². The van der Waals surface area contributed by atoms with Crippen LogP contribution in [0.25, 0.3) is 0 Å². The van der Waals surface area contributed by atoms with E-state index in [1.54, 1.807) is 0 Å². The van der Waals surface area contributed by atoms with Gasteiger partial charge < -0.3 is 14.2 Å². The molecule has 0 aliphatic heterocycles. The number of carbonyl (C=O) groups excluding carboxylic acids is 3. The summed E-state index contributed by atoms with van der Waals surface area (Å²) in [6, 6.07) is 0. The summed E-state index contributed by atoms with van der Waals surface area (Å²) in [6.45, 7) is 6.46. The van der Waals surface area contributed by atoms with Crippen molar-refractivity contribution in [2.24, 2.45) is 0 Å². The van der Waals surface area contributed by atoms with Crippen molar-refractivity contribution in [2.45, 2.75) is 322 Å². The number of esters is 3. The van der Waals surface area contributed by atoms with Crippen molar-refractivity contribution < 1.29 is 28.6 Å². The molecule has 81 heavy (non-hydrogen) atoms. The van der Waals surface area contributed by atoms with Crippen molar-refractivity contribution in [2.75, 3.05) is 13.2 Å². The first-order chi connectivity index (χ1) is 40.0. The molecule has 0 bridgehead atoms. The largest absolute Gasteiger partial charge is 0.462 e. The first-order valence-corrected chi connectivity index (χ1v) is 34.0. The van der Waals surface area contributed by atoms with Crippen LogP contribution in [-0.2, 0) is 28.6 Å². The highest BCUT2D eigenvalue weighted by molar-refractivity contribution is 5.71. The third-order valence-corrected chi connectivity index (χ3v) is 14.4. The van der Waals surface area contributed by atoms with Crippen LogP contribution in [0.5, 0.6) is 0 Å². The van der Waals surface area contributed by atoms with Crippen molar-refractivity contribution in [1.29, 1.82) is 0 Å². The molecule has 1 atom stereocenters. The predicted octanol–water partition coefficient (Wildman–Crippen LogP) is 23.6. The van der Waals surface area contributed by atoms with Gasteiger partial charge in [0.1, 0.15) is 13.2 Å². The third kappa shape index (κ3) is 66.5. The average Bonchev–Trinajstić information content (AvgIpc) is 3.47. The van der Waals surface area contributed by atoms with Crippen LogP contribution in [0.4, 0.5) is 0 Å². The van der Waals surface area contributed by atoms with Gasteiger partial charge in [-0.25, -0.2) is 0 Å². The van der Waals surface area contributed by atoms with E-state index in [0.29, 0.717) is 19.3 Å². The second-order valence-electron chi connectivity index (χ2n) is 22.3. The lowest BCUT2D eigenvalue weighted by atomic mass is 10.0. The molecule has 0 aliphatic rings. The first kappa shape index (κ1) is 76.8. The summed E-state index contributed by atoms with van der Waals surface area (Å²) in [6.07, 6.45) is 95.0. The summed E-state index contributed by atoms with van der Waals surface area (Å²) in [5.74, 6) is -0.909. The van der Waals surface area contributed by atoms with Crippen LogP contribution in [0.2, 0.25) is 0 Å². The molecule has 0 aliphatic carbocycles. The molecule has 1 unspecified atom stereocenters. The quantitative estimate of drug-likeness (QED) is 0.0261. The van der Waals surface area contributed by atoms with E-state index in [1.165, 1.54) is 128 Å². The standard InChI is InChI=1S/C75H126O6/c1-4-7-10-13-16-19-22-25-28-30-31-32-33-34-35-36-37-38-39-40-41-42-43-44-45-46-48-50-53-56-59-62-65-68-74(77)80-71-72(70-79-73(76)67-64-61-58-55-52-49-27-24-21-18-15-12-9-6-3)81-75(78)69-66-63-60-57-54-51-47-29-26-23-20-17-14-11-8-5-2/h7,10,15-16,18-20,23-25,27-29,31-32,34-35,37-38,47,72H,4-6,8-9,11-14,17,21-22,26,30,33,36,39-46,48-71H2,1-3H3/b10-7-,18-15-,19-16-,23-20-,27-24-,28-25-,32-31-,35-34-,38-37-,47-29-. The summed E-state index contributed by atoms with van der Waals surface area (Å²) in [4.78, 5) is 38.3. The van der Waals surface area contributed by atoms with Gasteiger partial charge in [0.25, 0.3) is 0 Å². The van der Waals surface area contributed by atoms with Gasteiger partial charge in [0.2, 0.25) is 0 Å². The highest BCUT2D eigenvalue weighted by atomic mass is 16.6. The molecular formula is C75H126O6. The molecular weight excluding hydrogens is 997 g/mol. The Morgan fingerprint density at radius 1 is 0.259 bits per heavy atom. The zero-order valence-corrected chi connectivity index (χ0v) is 53.0. The van der Waals surface area contributed by atoms with Crippen molar-refractivity contribution in [1.82, 2.24) is 0 Å². The number of hydrogen-bond acceptors (Lipinski definition) is 6. The molecule has 0 saturated carbocycles. The maximum Gasteiger partial charge on any atom is 0.306 e. The molecule has 0 aromatic heterocycles. The number of carbonyl (C=O) groups is 3. The van der Waals surface area contributed by atoms with Crippen molar-refractivity contribution >= 4 is 17.9 Å². The molecule has 0 saturated heterocycles. The Kier molecular flexibility index (Phi) is 64.8. The van der Waals surface area contributed by atoms with Crippen LogP contribution in [0, 0.1) is 0 Å². The minimum Gasteiger partial charge on any atom is -0.462 e. The van der Waals surface area contributed by atoms with E-state index >= 15 is 0 Å². The topological polar surface area (TPSA) is 78.9 Å². The Morgan fingerprint density at radius 3 is 0.790 bits per heavy atom. The molecule has 0 fully saturated rings. The third-order valence-electron chi connectivity index (χ3n) is 14.4. The summed E-state index contributed by atoms with van der Waals surface area (Å²) < 4.78 is 16.9. The number of allylic oxidation sites excluding steroid dienone is 20. The van der Waals surface area contributed by atoms with Crippen LogP contribution in [0.3, 0.4) is 0 Å². The lowest BCUT2D eigenvalue weighted by Crippen LogP contribution is -2.30. The molecule has 0 N–H and O–H groups in total. The van der Waals surface area contributed by atoms with Crippen LogP contribution in [-0.4, -0.2) is 37.2 Å². The number of ether oxygens (including phenoxy) is 3. The number of hydrogen-bond donors (Lipinski definition) is 0. The fraction of sp³-hybridized carbons (Fsp3) is 0.693. The van der Waals surface area contributed by atoms with Crippen LogP contribution in [0.1, 0.15) is 316 Å². The number of rotatable bonds is 61. The first-order valence-electron chi connectivity index (χ1n) is 34.0. The highest BCUT2D eigenvalue weighted by Gasteiger charge is 2.19. The molecule has 462 valence electrons. The van der Waals surface area contributed by atoms with Gasteiger partial charge in [-0.3, -0.25) is 14.4 Å². The lowest BCUT2D eigenvalue weighted by molar-refractivity contribution is -0.167. The molecule has 6 heteroatoms. The number of unbranched alkanes of at least 4 members (excludes halogenated alkanes) is 30. The monoisotopic (exact) mass is 1120 g/mol. The second kappa shape index (κ2) is 68.3. The van der Waals surface area contributed by atoms with Gasteiger partial charge in [-0.05, 0) is 128 Å². The Morgan fingerprint density at radius 2 is 0.494 bits per heavy atom. The van der Waals surface area contributed by atoms with E-state index in [-0.39, 0.29) is 31.1 Å². The molecule has 0 radical (unpaired) electrons. The SMILES string of the molecule is CC/C=C\C/C=C\C/C=C\C/C=C\C/C=C\C/C=C\CCCCCCCCCCCCCCCCC(=O)OCC(COC(=O)CCCCCCC/C=C\C/C=C\CCCC)OC(=O)CCCCCCC/C=C\C/C=C\CCCCCC. The molecule has 6 nitrogen and oxygen atoms in total. The lowest BCUT2D eigenvalue weighted by Gasteiger charge is -2.18. The van der Waals surface area contributed by atoms with Gasteiger partial charge >= 0.3 is 17.9 Å². The van der Waals surface area contributed by atoms with Gasteiger partial charge in [-0.1, -0.05) is 290 Å². The fourth-order valence-corrected chi connectivity index (χ4v) is 9.32. The van der Waals surface area contributed by atoms with E-state index in [9.17, 15) is 14.4 Å². The van der Waals surface area contributed by atoms with Gasteiger partial charge in [0.05, 0.1) is 0 Å². The molecule has 0 heterocycles. The summed E-state index contributed by atoms with van der Waals surface area (Å²) >= 11 is 0. The normalized spacial score (nSPS) is 12.9. The van der Waals surface area contributed by atoms with Gasteiger partial charge in [-0.15, -0.1) is 0 Å². The molecule has 0 rings (SSSR count). The van der Waals surface area contributed by atoms with Crippen LogP contribution < -0.4 is 0 Å². The molecule has 0 aromatic rings. The Balaban J connectivity index is 4.24. The molecule has 0 aromatic carbocycles. The maximum atomic E-state index is 12.9. The minimum absolute atomic E-state index is 0.0885. The van der Waals surface area contributed by atoms with Crippen LogP contribution in [0.15, 0.2) is 122 Å². The summed E-state index contributed by atoms with van der Waals surface area (Å²) in [5, 5.41) is 0. The van der Waals surface area contributed by atoms with Gasteiger partial charge in [0, 0.05) is 19.3 Å². The zero-order valence-electron chi connectivity index (χ0n) is 53.0. The maximum absolute atomic E-state index is 12.9. The Hall–Kier alpha value is -4.19. The minimum atomic E-state index is -0.794. The highest BCUT2D eigenvalue weighted by Crippen LogP contribution is 2.16. The predicted molar refractivity (Wildman–Crippen MR) is 353 cm³/mol. The van der Waals surface area contributed by atoms with E-state index in [0.717, 1.165) is 148 Å². The Bertz CT molecular complexity index is 1670. The average molecular weight is 1120 g/mol. The second-order valence-corrected chi connectivity index (χ2v) is 22.3. The van der Waals surface area contributed by atoms with Crippen molar-refractivity contribution in [3.05, 3.63) is 122 Å². The van der Waals surface area contributed by atoms with E-state index < -0.39 is 6.10 Å². The van der Waals surface area contributed by atoms with Crippen LogP contribution >= 0.6 is 0 Å². The van der Waals surface area contributed by atoms with Gasteiger partial charge in [0.15, 0.2) is 6.10 Å². The van der Waals surface area contributed by atoms with Gasteiger partial charge in [-0.2, -0.15) is 0 Å².